The van der Waals surface area contributed by atoms with Gasteiger partial charge in [0.05, 0.1) is 18.8 Å². The van der Waals surface area contributed by atoms with E-state index >= 15 is 0 Å². The lowest BCUT2D eigenvalue weighted by molar-refractivity contribution is -0.133. The van der Waals surface area contributed by atoms with Crippen LogP contribution < -0.4 is 16.6 Å². The first-order valence-corrected chi connectivity index (χ1v) is 14.2. The molecule has 0 unspecified atom stereocenters. The number of para-hydroxylation sites is 1. The Morgan fingerprint density at radius 2 is 1.62 bits per heavy atom. The van der Waals surface area contributed by atoms with Gasteiger partial charge in [0, 0.05) is 44.6 Å². The lowest BCUT2D eigenvalue weighted by Crippen LogP contribution is -2.51. The average molecular weight is 578 g/mol. The predicted octanol–water partition coefficient (Wildman–Crippen LogP) is 1.88. The molecule has 0 radical (unpaired) electrons. The van der Waals surface area contributed by atoms with Gasteiger partial charge in [0.15, 0.2) is 0 Å². The molecule has 42 heavy (non-hydrogen) atoms. The van der Waals surface area contributed by atoms with Crippen LogP contribution in [0.25, 0.3) is 11.1 Å². The molecule has 3 N–H and O–H groups in total. The summed E-state index contributed by atoms with van der Waals surface area (Å²) in [6.07, 6.45) is 3.64. The number of fused-ring (bicyclic) bond motifs is 1. The maximum Gasteiger partial charge on any atom is 0.331 e. The summed E-state index contributed by atoms with van der Waals surface area (Å²) in [5, 5.41) is 18.3. The van der Waals surface area contributed by atoms with Gasteiger partial charge < -0.3 is 25.3 Å². The monoisotopic (exact) mass is 577 g/mol. The predicted molar refractivity (Wildman–Crippen MR) is 160 cm³/mol. The number of carbonyl (C=O) groups is 2. The van der Waals surface area contributed by atoms with Crippen LogP contribution in [0.4, 0.5) is 10.5 Å². The van der Waals surface area contributed by atoms with Crippen molar-refractivity contribution >= 4 is 17.6 Å². The average Bonchev–Trinajstić information content (AvgIpc) is 3.17. The molecule has 224 valence electrons. The van der Waals surface area contributed by atoms with Crippen LogP contribution in [0.15, 0.2) is 58.3 Å². The number of likely N-dealkylation sites (tertiary alicyclic amines) is 1. The normalized spacial score (nSPS) is 15.3. The van der Waals surface area contributed by atoms with Crippen LogP contribution in [0.2, 0.25) is 0 Å². The number of carbonyl (C=O) groups excluding carboxylic acids is 2. The summed E-state index contributed by atoms with van der Waals surface area (Å²) < 4.78 is 2.39. The van der Waals surface area contributed by atoms with E-state index in [1.54, 1.807) is 4.90 Å². The molecule has 1 fully saturated rings. The number of piperidine rings is 1. The van der Waals surface area contributed by atoms with Crippen molar-refractivity contribution in [1.82, 2.24) is 18.9 Å². The summed E-state index contributed by atoms with van der Waals surface area (Å²) >= 11 is 0. The highest BCUT2D eigenvalue weighted by Crippen LogP contribution is 2.25. The zero-order valence-electron chi connectivity index (χ0n) is 24.4. The number of aliphatic hydroxyl groups excluding tert-OH is 2. The highest BCUT2D eigenvalue weighted by Gasteiger charge is 2.31. The first kappa shape index (κ1) is 30.7. The van der Waals surface area contributed by atoms with Gasteiger partial charge in [-0.1, -0.05) is 36.4 Å². The van der Waals surface area contributed by atoms with Crippen LogP contribution in [0.3, 0.4) is 0 Å². The Bertz CT molecular complexity index is 1550. The van der Waals surface area contributed by atoms with Gasteiger partial charge in [-0.25, -0.2) is 9.59 Å². The Hall–Kier alpha value is -4.22. The van der Waals surface area contributed by atoms with E-state index in [0.717, 1.165) is 38.9 Å². The van der Waals surface area contributed by atoms with E-state index in [-0.39, 0.29) is 43.3 Å². The minimum absolute atomic E-state index is 0.0459. The maximum absolute atomic E-state index is 13.2. The van der Waals surface area contributed by atoms with E-state index in [1.165, 1.54) is 17.8 Å². The molecule has 3 amide bonds. The Morgan fingerprint density at radius 1 is 0.929 bits per heavy atom. The topological polar surface area (TPSA) is 137 Å². The van der Waals surface area contributed by atoms with E-state index in [1.807, 2.05) is 61.2 Å². The molecule has 0 atom stereocenters. The molecule has 0 aliphatic carbocycles. The summed E-state index contributed by atoms with van der Waals surface area (Å²) in [6.45, 7) is 5.17. The second kappa shape index (κ2) is 13.6. The van der Waals surface area contributed by atoms with E-state index < -0.39 is 5.69 Å². The first-order chi connectivity index (χ1) is 20.2. The Labute approximate surface area is 244 Å². The van der Waals surface area contributed by atoms with Gasteiger partial charge in [0.25, 0.3) is 5.56 Å². The van der Waals surface area contributed by atoms with Crippen LogP contribution in [0, 0.1) is 13.8 Å². The van der Waals surface area contributed by atoms with Gasteiger partial charge in [-0.2, -0.15) is 0 Å². The van der Waals surface area contributed by atoms with Crippen LogP contribution in [0.5, 0.6) is 0 Å². The van der Waals surface area contributed by atoms with Crippen molar-refractivity contribution in [3.63, 3.8) is 0 Å². The summed E-state index contributed by atoms with van der Waals surface area (Å²) in [5.74, 6) is -0.177. The molecule has 3 heterocycles. The molecule has 11 heteroatoms. The van der Waals surface area contributed by atoms with E-state index in [9.17, 15) is 19.2 Å². The van der Waals surface area contributed by atoms with Crippen molar-refractivity contribution in [3.8, 4) is 11.1 Å². The Kier molecular flexibility index (Phi) is 9.97. The number of nitrogens with zero attached hydrogens (tertiary/aromatic N) is 4. The number of rotatable bonds is 5. The van der Waals surface area contributed by atoms with Gasteiger partial charge in [-0.3, -0.25) is 18.7 Å². The van der Waals surface area contributed by atoms with Crippen molar-refractivity contribution in [2.45, 2.75) is 45.7 Å². The smallest absolute Gasteiger partial charge is 0.331 e. The molecular formula is C31H39N5O6. The van der Waals surface area contributed by atoms with E-state index in [2.05, 4.69) is 5.32 Å². The molecule has 2 aromatic carbocycles. The van der Waals surface area contributed by atoms with E-state index in [4.69, 9.17) is 10.2 Å². The number of aliphatic hydroxyl groups is 2. The molecule has 0 bridgehead atoms. The number of hydrogen-bond acceptors (Lipinski definition) is 6. The summed E-state index contributed by atoms with van der Waals surface area (Å²) in [4.78, 5) is 55.5. The third-order valence-corrected chi connectivity index (χ3v) is 8.05. The van der Waals surface area contributed by atoms with Gasteiger partial charge in [0.1, 0.15) is 6.54 Å². The number of amides is 3. The fourth-order valence-electron chi connectivity index (χ4n) is 5.48. The van der Waals surface area contributed by atoms with Crippen LogP contribution in [0.1, 0.15) is 29.5 Å². The number of anilines is 1. The third-order valence-electron chi connectivity index (χ3n) is 8.05. The van der Waals surface area contributed by atoms with Gasteiger partial charge in [-0.15, -0.1) is 0 Å². The maximum atomic E-state index is 13.2. The molecule has 2 aliphatic rings. The minimum atomic E-state index is -0.520. The second-order valence-corrected chi connectivity index (χ2v) is 10.7. The lowest BCUT2D eigenvalue weighted by atomic mass is 9.99. The SMILES string of the molecule is Cc1cccc(-c2cn(CC(=O)N3CCC(N4CCc5ccccc5NC4=O)CC3)c(=O)n(C)c2=O)c1C.OCCO. The van der Waals surface area contributed by atoms with E-state index in [0.29, 0.717) is 38.0 Å². The van der Waals surface area contributed by atoms with Gasteiger partial charge in [0.2, 0.25) is 5.91 Å². The molecule has 0 spiro atoms. The van der Waals surface area contributed by atoms with Gasteiger partial charge in [-0.05, 0) is 61.4 Å². The summed E-state index contributed by atoms with van der Waals surface area (Å²) in [6, 6.07) is 13.5. The number of urea groups is 1. The van der Waals surface area contributed by atoms with Crippen molar-refractivity contribution in [3.05, 3.63) is 86.2 Å². The fourth-order valence-corrected chi connectivity index (χ4v) is 5.48. The summed E-state index contributed by atoms with van der Waals surface area (Å²) in [5.41, 5.74) is 4.24. The summed E-state index contributed by atoms with van der Waals surface area (Å²) in [7, 11) is 1.44. The minimum Gasteiger partial charge on any atom is -0.394 e. The molecule has 1 aromatic heterocycles. The molecule has 1 saturated heterocycles. The Balaban J connectivity index is 0.000000952. The molecule has 5 rings (SSSR count). The molecule has 11 nitrogen and oxygen atoms in total. The van der Waals surface area contributed by atoms with Crippen molar-refractivity contribution in [1.29, 1.82) is 0 Å². The highest BCUT2D eigenvalue weighted by molar-refractivity contribution is 5.91. The number of benzene rings is 2. The van der Waals surface area contributed by atoms with Crippen molar-refractivity contribution in [2.24, 2.45) is 7.05 Å². The molecule has 2 aliphatic heterocycles. The number of aryl methyl sites for hydroxylation is 1. The number of hydrogen-bond donors (Lipinski definition) is 3. The standard InChI is InChI=1S/C29H33N5O4.C2H6O2/c1-19-7-6-9-23(20(19)2)24-17-33(29(38)31(3)27(24)36)18-26(35)32-14-12-22(13-15-32)34-16-11-21-8-4-5-10-25(21)30-28(34)37;3-1-2-4/h4-10,17,22H,11-16,18H2,1-3H3,(H,30,37);3-4H,1-2H2. The molecule has 0 saturated carbocycles. The highest BCUT2D eigenvalue weighted by atomic mass is 16.3. The van der Waals surface area contributed by atoms with Crippen LogP contribution in [-0.2, 0) is 24.8 Å². The van der Waals surface area contributed by atoms with Crippen molar-refractivity contribution in [2.75, 3.05) is 38.2 Å². The third kappa shape index (κ3) is 6.63. The van der Waals surface area contributed by atoms with Crippen LogP contribution >= 0.6 is 0 Å². The van der Waals surface area contributed by atoms with Crippen molar-refractivity contribution < 1.29 is 19.8 Å². The first-order valence-electron chi connectivity index (χ1n) is 14.2. The zero-order chi connectivity index (χ0) is 30.4. The lowest BCUT2D eigenvalue weighted by Gasteiger charge is -2.38. The Morgan fingerprint density at radius 3 is 2.31 bits per heavy atom. The molecular weight excluding hydrogens is 538 g/mol. The second-order valence-electron chi connectivity index (χ2n) is 10.7. The number of nitrogens with one attached hydrogen (secondary N) is 1. The number of aromatic nitrogens is 2. The quantitative estimate of drug-likeness (QED) is 0.424. The van der Waals surface area contributed by atoms with Crippen LogP contribution in [-0.4, -0.2) is 80.0 Å². The van der Waals surface area contributed by atoms with Gasteiger partial charge >= 0.3 is 11.7 Å². The zero-order valence-corrected chi connectivity index (χ0v) is 24.4. The largest absolute Gasteiger partial charge is 0.394 e. The molecule has 3 aromatic rings. The fraction of sp³-hybridized carbons (Fsp3) is 0.419.